The zero-order valence-corrected chi connectivity index (χ0v) is 11.5. The van der Waals surface area contributed by atoms with Crippen LogP contribution in [0.1, 0.15) is 10.5 Å². The van der Waals surface area contributed by atoms with Gasteiger partial charge in [0.15, 0.2) is 12.3 Å². The molecule has 1 aromatic heterocycles. The first-order valence-corrected chi connectivity index (χ1v) is 6.07. The summed E-state index contributed by atoms with van der Waals surface area (Å²) < 4.78 is 45.9. The van der Waals surface area contributed by atoms with E-state index in [2.05, 4.69) is 9.72 Å². The molecule has 1 heterocycles. The van der Waals surface area contributed by atoms with Crippen molar-refractivity contribution < 1.29 is 27.4 Å². The summed E-state index contributed by atoms with van der Waals surface area (Å²) in [5, 5.41) is 0.543. The molecule has 0 aliphatic heterocycles. The lowest BCUT2D eigenvalue weighted by molar-refractivity contribution is -0.153. The number of aromatic nitrogens is 1. The summed E-state index contributed by atoms with van der Waals surface area (Å²) in [6.45, 7) is -1.46. The lowest BCUT2D eigenvalue weighted by Gasteiger charge is -2.12. The van der Waals surface area contributed by atoms with Crippen molar-refractivity contribution in [3.8, 4) is 5.75 Å². The Hall–Kier alpha value is -2.02. The van der Waals surface area contributed by atoms with Gasteiger partial charge in [-0.2, -0.15) is 13.2 Å². The van der Waals surface area contributed by atoms with E-state index >= 15 is 0 Å². The van der Waals surface area contributed by atoms with Crippen molar-refractivity contribution in [1.82, 2.24) is 4.98 Å². The van der Waals surface area contributed by atoms with Crippen molar-refractivity contribution in [2.75, 3.05) is 13.7 Å². The van der Waals surface area contributed by atoms with Gasteiger partial charge in [0.2, 0.25) is 0 Å². The molecule has 2 aromatic rings. The van der Waals surface area contributed by atoms with Crippen LogP contribution in [0.3, 0.4) is 0 Å². The van der Waals surface area contributed by atoms with Gasteiger partial charge >= 0.3 is 12.1 Å². The molecule has 4 nitrogen and oxygen atoms in total. The zero-order valence-electron chi connectivity index (χ0n) is 10.7. The minimum absolute atomic E-state index is 0.0645. The highest BCUT2D eigenvalue weighted by molar-refractivity contribution is 6.35. The van der Waals surface area contributed by atoms with Gasteiger partial charge in [0.1, 0.15) is 11.3 Å². The topological polar surface area (TPSA) is 48.4 Å². The van der Waals surface area contributed by atoms with E-state index in [1.807, 2.05) is 0 Å². The molecule has 0 spiro atoms. The van der Waals surface area contributed by atoms with Crippen LogP contribution in [0.5, 0.6) is 5.75 Å². The van der Waals surface area contributed by atoms with Gasteiger partial charge in [-0.1, -0.05) is 23.7 Å². The van der Waals surface area contributed by atoms with Gasteiger partial charge in [-0.3, -0.25) is 0 Å². The Morgan fingerprint density at radius 2 is 2.10 bits per heavy atom. The van der Waals surface area contributed by atoms with Crippen LogP contribution in [0.25, 0.3) is 10.9 Å². The lowest BCUT2D eigenvalue weighted by Crippen LogP contribution is -2.19. The van der Waals surface area contributed by atoms with Crippen LogP contribution in [0, 0.1) is 0 Å². The second-order valence-corrected chi connectivity index (χ2v) is 4.44. The Balaban J connectivity index is 2.51. The minimum Gasteiger partial charge on any atom is -0.482 e. The third kappa shape index (κ3) is 3.55. The number of ether oxygens (including phenoxy) is 2. The smallest absolute Gasteiger partial charge is 0.422 e. The molecular formula is C13H9ClF3NO3. The van der Waals surface area contributed by atoms with Gasteiger partial charge in [0, 0.05) is 5.39 Å². The molecule has 0 aliphatic rings. The third-order valence-electron chi connectivity index (χ3n) is 2.54. The van der Waals surface area contributed by atoms with Crippen molar-refractivity contribution in [2.24, 2.45) is 0 Å². The van der Waals surface area contributed by atoms with Crippen molar-refractivity contribution >= 4 is 28.5 Å². The number of rotatable bonds is 3. The summed E-state index contributed by atoms with van der Waals surface area (Å²) in [7, 11) is 1.16. The maximum Gasteiger partial charge on any atom is 0.422 e. The maximum atomic E-state index is 12.2. The summed E-state index contributed by atoms with van der Waals surface area (Å²) in [5.74, 6) is -0.859. The number of hydrogen-bond acceptors (Lipinski definition) is 4. The first kappa shape index (κ1) is 15.4. The Labute approximate surface area is 122 Å². The normalized spacial score (nSPS) is 11.5. The summed E-state index contributed by atoms with van der Waals surface area (Å²) >= 11 is 6.00. The van der Waals surface area contributed by atoms with Crippen LogP contribution < -0.4 is 4.74 Å². The number of carbonyl (C=O) groups is 1. The molecule has 1 aromatic carbocycles. The summed E-state index contributed by atoms with van der Waals surface area (Å²) in [6.07, 6.45) is -4.48. The van der Waals surface area contributed by atoms with Crippen LogP contribution >= 0.6 is 11.6 Å². The number of pyridine rings is 1. The van der Waals surface area contributed by atoms with E-state index in [4.69, 9.17) is 16.3 Å². The molecule has 0 amide bonds. The molecule has 0 unspecified atom stereocenters. The van der Waals surface area contributed by atoms with Crippen molar-refractivity contribution in [1.29, 1.82) is 0 Å². The minimum atomic E-state index is -4.48. The van der Waals surface area contributed by atoms with Gasteiger partial charge in [-0.15, -0.1) is 0 Å². The summed E-state index contributed by atoms with van der Waals surface area (Å²) in [6, 6.07) is 5.65. The number of alkyl halides is 3. The van der Waals surface area contributed by atoms with Crippen molar-refractivity contribution in [2.45, 2.75) is 6.18 Å². The molecule has 0 bridgehead atoms. The van der Waals surface area contributed by atoms with E-state index in [0.717, 1.165) is 7.11 Å². The quantitative estimate of drug-likeness (QED) is 0.811. The molecule has 8 heteroatoms. The number of para-hydroxylation sites is 1. The largest absolute Gasteiger partial charge is 0.482 e. The Morgan fingerprint density at radius 3 is 2.71 bits per heavy atom. The second kappa shape index (κ2) is 5.77. The molecule has 0 atom stereocenters. The summed E-state index contributed by atoms with van der Waals surface area (Å²) in [5.41, 5.74) is -0.0484. The number of carbonyl (C=O) groups excluding carboxylic acids is 1. The molecule has 0 saturated carbocycles. The molecule has 0 radical (unpaired) electrons. The number of methoxy groups -OCH3 is 1. The van der Waals surface area contributed by atoms with E-state index in [-0.39, 0.29) is 22.0 Å². The van der Waals surface area contributed by atoms with Crippen LogP contribution in [-0.4, -0.2) is 30.8 Å². The highest BCUT2D eigenvalue weighted by Gasteiger charge is 2.29. The number of esters is 1. The summed E-state index contributed by atoms with van der Waals surface area (Å²) in [4.78, 5) is 15.4. The monoisotopic (exact) mass is 319 g/mol. The predicted octanol–water partition coefficient (Wildman–Crippen LogP) is 3.62. The fourth-order valence-electron chi connectivity index (χ4n) is 1.67. The van der Waals surface area contributed by atoms with E-state index in [9.17, 15) is 18.0 Å². The number of nitrogens with zero attached hydrogens (tertiary/aromatic N) is 1. The van der Waals surface area contributed by atoms with Gasteiger partial charge < -0.3 is 9.47 Å². The fourth-order valence-corrected chi connectivity index (χ4v) is 1.92. The van der Waals surface area contributed by atoms with Gasteiger partial charge in [-0.25, -0.2) is 9.78 Å². The van der Waals surface area contributed by atoms with E-state index in [1.54, 1.807) is 6.07 Å². The molecule has 2 rings (SSSR count). The van der Waals surface area contributed by atoms with Gasteiger partial charge in [0.05, 0.1) is 12.1 Å². The standard InChI is InChI=1S/C13H9ClF3NO3/c1-20-12(19)9-5-8(14)7-3-2-4-10(11(7)18-9)21-6-13(15,16)17/h2-5H,6H2,1H3. The molecule has 0 fully saturated rings. The first-order valence-electron chi connectivity index (χ1n) is 5.69. The zero-order chi connectivity index (χ0) is 15.6. The maximum absolute atomic E-state index is 12.2. The first-order chi connectivity index (χ1) is 9.81. The molecular weight excluding hydrogens is 311 g/mol. The molecule has 0 aliphatic carbocycles. The SMILES string of the molecule is COC(=O)c1cc(Cl)c2cccc(OCC(F)(F)F)c2n1. The molecule has 112 valence electrons. The number of hydrogen-bond donors (Lipinski definition) is 0. The van der Waals surface area contributed by atoms with E-state index < -0.39 is 18.8 Å². The predicted molar refractivity (Wildman–Crippen MR) is 69.6 cm³/mol. The van der Waals surface area contributed by atoms with Crippen LogP contribution in [0.2, 0.25) is 5.02 Å². The van der Waals surface area contributed by atoms with E-state index in [1.165, 1.54) is 18.2 Å². The molecule has 21 heavy (non-hydrogen) atoms. The number of halogens is 4. The van der Waals surface area contributed by atoms with Crippen LogP contribution in [-0.2, 0) is 4.74 Å². The lowest BCUT2D eigenvalue weighted by atomic mass is 10.2. The Bertz CT molecular complexity index is 688. The second-order valence-electron chi connectivity index (χ2n) is 4.04. The average Bonchev–Trinajstić information content (AvgIpc) is 2.43. The number of benzene rings is 1. The Kier molecular flexibility index (Phi) is 4.22. The fraction of sp³-hybridized carbons (Fsp3) is 0.231. The van der Waals surface area contributed by atoms with Gasteiger partial charge in [-0.05, 0) is 12.1 Å². The highest BCUT2D eigenvalue weighted by atomic mass is 35.5. The molecule has 0 N–H and O–H groups in total. The van der Waals surface area contributed by atoms with E-state index in [0.29, 0.717) is 5.39 Å². The van der Waals surface area contributed by atoms with Crippen molar-refractivity contribution in [3.63, 3.8) is 0 Å². The third-order valence-corrected chi connectivity index (χ3v) is 2.85. The van der Waals surface area contributed by atoms with Crippen LogP contribution in [0.15, 0.2) is 24.3 Å². The van der Waals surface area contributed by atoms with Gasteiger partial charge in [0.25, 0.3) is 0 Å². The Morgan fingerprint density at radius 1 is 1.38 bits per heavy atom. The number of fused-ring (bicyclic) bond motifs is 1. The molecule has 0 saturated heterocycles. The van der Waals surface area contributed by atoms with Crippen molar-refractivity contribution in [3.05, 3.63) is 35.0 Å². The highest BCUT2D eigenvalue weighted by Crippen LogP contribution is 2.31. The van der Waals surface area contributed by atoms with Crippen LogP contribution in [0.4, 0.5) is 13.2 Å². The average molecular weight is 320 g/mol.